The van der Waals surface area contributed by atoms with Crippen LogP contribution in [0.3, 0.4) is 0 Å². The fraction of sp³-hybridized carbons (Fsp3) is 0.700. The molecule has 0 aliphatic heterocycles. The zero-order valence-corrected chi connectivity index (χ0v) is 14.0. The maximum Gasteiger partial charge on any atom is 0.115 e. The Morgan fingerprint density at radius 1 is 1.30 bits per heavy atom. The summed E-state index contributed by atoms with van der Waals surface area (Å²) in [5.74, 6) is 1.26. The number of alkyl halides is 1. The van der Waals surface area contributed by atoms with Crippen molar-refractivity contribution in [2.24, 2.45) is 23.2 Å². The summed E-state index contributed by atoms with van der Waals surface area (Å²) in [4.78, 5) is 0. The van der Waals surface area contributed by atoms with Crippen LogP contribution in [0.5, 0.6) is 5.75 Å². The highest BCUT2D eigenvalue weighted by atomic mass is 19.1. The molecule has 0 aromatic heterocycles. The van der Waals surface area contributed by atoms with Crippen molar-refractivity contribution in [1.82, 2.24) is 0 Å². The molecule has 0 spiro atoms. The third-order valence-corrected chi connectivity index (χ3v) is 7.11. The summed E-state index contributed by atoms with van der Waals surface area (Å²) < 4.78 is 15.2. The molecule has 0 heterocycles. The first kappa shape index (κ1) is 15.4. The molecule has 4 rings (SSSR count). The molecule has 3 aliphatic rings. The van der Waals surface area contributed by atoms with E-state index in [9.17, 15) is 10.2 Å². The van der Waals surface area contributed by atoms with E-state index in [1.807, 2.05) is 12.1 Å². The lowest BCUT2D eigenvalue weighted by Gasteiger charge is -2.52. The SMILES string of the molecule is CC[C@H]1[C@H]2[C@@H]3CCc4cc(O)ccc4[C@H]3C(F)C[C@]2(C)C[C@H]1O. The first-order valence-corrected chi connectivity index (χ1v) is 9.08. The second kappa shape index (κ2) is 5.20. The topological polar surface area (TPSA) is 40.5 Å². The fourth-order valence-corrected chi connectivity index (χ4v) is 6.41. The van der Waals surface area contributed by atoms with Gasteiger partial charge in [0, 0.05) is 5.92 Å². The fourth-order valence-electron chi connectivity index (χ4n) is 6.41. The van der Waals surface area contributed by atoms with Crippen LogP contribution in [-0.4, -0.2) is 22.5 Å². The summed E-state index contributed by atoms with van der Waals surface area (Å²) in [6.45, 7) is 4.36. The average Bonchev–Trinajstić information content (AvgIpc) is 2.75. The van der Waals surface area contributed by atoms with Gasteiger partial charge in [-0.15, -0.1) is 0 Å². The first-order valence-electron chi connectivity index (χ1n) is 9.08. The molecule has 2 N–H and O–H groups in total. The standard InChI is InChI=1S/C20H27FO2/c1-3-13-17(23)10-20(2)9-16(21)18-14-7-5-12(22)8-11(14)4-6-15(18)19(13)20/h5,7-8,13,15-19,22-23H,3-4,6,9-10H2,1-2H3/t13-,15-,16?,17-,18-,19+,20-/m1/s1. The molecule has 2 nitrogen and oxygen atoms in total. The Hall–Kier alpha value is -1.09. The number of aliphatic hydroxyl groups excluding tert-OH is 1. The van der Waals surface area contributed by atoms with E-state index in [2.05, 4.69) is 13.8 Å². The number of phenolic OH excluding ortho intramolecular Hbond substituents is 1. The minimum absolute atomic E-state index is 0.0585. The maximum atomic E-state index is 15.2. The number of rotatable bonds is 1. The van der Waals surface area contributed by atoms with E-state index in [1.165, 1.54) is 0 Å². The van der Waals surface area contributed by atoms with Crippen molar-refractivity contribution in [1.29, 1.82) is 0 Å². The van der Waals surface area contributed by atoms with Crippen LogP contribution >= 0.6 is 0 Å². The third-order valence-electron chi connectivity index (χ3n) is 7.11. The van der Waals surface area contributed by atoms with Gasteiger partial charge in [-0.25, -0.2) is 4.39 Å². The molecule has 0 saturated heterocycles. The Balaban J connectivity index is 1.77. The van der Waals surface area contributed by atoms with Gasteiger partial charge in [0.1, 0.15) is 11.9 Å². The second-order valence-corrected chi connectivity index (χ2v) is 8.35. The van der Waals surface area contributed by atoms with Crippen molar-refractivity contribution in [3.8, 4) is 5.75 Å². The zero-order valence-electron chi connectivity index (χ0n) is 14.0. The molecular formula is C20H27FO2. The predicted octanol–water partition coefficient (Wildman–Crippen LogP) is 4.19. The molecule has 1 aromatic carbocycles. The van der Waals surface area contributed by atoms with E-state index in [-0.39, 0.29) is 23.2 Å². The molecule has 2 fully saturated rings. The van der Waals surface area contributed by atoms with Crippen LogP contribution in [0.1, 0.15) is 56.6 Å². The van der Waals surface area contributed by atoms with E-state index in [0.29, 0.717) is 24.2 Å². The van der Waals surface area contributed by atoms with E-state index in [0.717, 1.165) is 36.8 Å². The summed E-state index contributed by atoms with van der Waals surface area (Å²) in [6, 6.07) is 5.44. The number of fused-ring (bicyclic) bond motifs is 5. The molecule has 3 heteroatoms. The van der Waals surface area contributed by atoms with Crippen molar-refractivity contribution in [2.75, 3.05) is 0 Å². The number of benzene rings is 1. The molecule has 1 aromatic rings. The third kappa shape index (κ3) is 2.15. The molecule has 1 unspecified atom stereocenters. The smallest absolute Gasteiger partial charge is 0.115 e. The Morgan fingerprint density at radius 3 is 2.83 bits per heavy atom. The van der Waals surface area contributed by atoms with Gasteiger partial charge >= 0.3 is 0 Å². The van der Waals surface area contributed by atoms with E-state index >= 15 is 4.39 Å². The van der Waals surface area contributed by atoms with Crippen LogP contribution < -0.4 is 0 Å². The highest BCUT2D eigenvalue weighted by Gasteiger charge is 2.59. The molecule has 2 saturated carbocycles. The van der Waals surface area contributed by atoms with E-state index < -0.39 is 6.17 Å². The van der Waals surface area contributed by atoms with Gasteiger partial charge < -0.3 is 10.2 Å². The number of aliphatic hydroxyl groups is 1. The number of aromatic hydroxyl groups is 1. The highest BCUT2D eigenvalue weighted by Crippen LogP contribution is 2.63. The van der Waals surface area contributed by atoms with E-state index in [1.54, 1.807) is 6.07 Å². The molecule has 23 heavy (non-hydrogen) atoms. The summed E-state index contributed by atoms with van der Waals surface area (Å²) in [6.07, 6.45) is 3.07. The molecule has 0 amide bonds. The van der Waals surface area contributed by atoms with Crippen LogP contribution in [0.15, 0.2) is 18.2 Å². The lowest BCUT2D eigenvalue weighted by molar-refractivity contribution is -0.0183. The highest BCUT2D eigenvalue weighted by molar-refractivity contribution is 5.41. The van der Waals surface area contributed by atoms with Gasteiger partial charge in [0.25, 0.3) is 0 Å². The quantitative estimate of drug-likeness (QED) is 0.815. The summed E-state index contributed by atoms with van der Waals surface area (Å²) in [7, 11) is 0. The monoisotopic (exact) mass is 318 g/mol. The number of halogens is 1. The van der Waals surface area contributed by atoms with Crippen LogP contribution in [0, 0.1) is 23.2 Å². The Kier molecular flexibility index (Phi) is 3.49. The van der Waals surface area contributed by atoms with Crippen molar-refractivity contribution >= 4 is 0 Å². The van der Waals surface area contributed by atoms with Gasteiger partial charge in [-0.2, -0.15) is 0 Å². The van der Waals surface area contributed by atoms with Gasteiger partial charge in [0.15, 0.2) is 0 Å². The number of hydrogen-bond donors (Lipinski definition) is 2. The van der Waals surface area contributed by atoms with Gasteiger partial charge in [-0.1, -0.05) is 26.3 Å². The summed E-state index contributed by atoms with van der Waals surface area (Å²) in [5.41, 5.74) is 2.16. The van der Waals surface area contributed by atoms with Gasteiger partial charge in [-0.3, -0.25) is 0 Å². The molecule has 7 atom stereocenters. The number of hydrogen-bond acceptors (Lipinski definition) is 2. The van der Waals surface area contributed by atoms with E-state index in [4.69, 9.17) is 0 Å². The normalized spacial score (nSPS) is 45.2. The van der Waals surface area contributed by atoms with Crippen LogP contribution in [0.4, 0.5) is 4.39 Å². The van der Waals surface area contributed by atoms with Crippen LogP contribution in [0.25, 0.3) is 0 Å². The molecule has 3 aliphatic carbocycles. The average molecular weight is 318 g/mol. The lowest BCUT2D eigenvalue weighted by Crippen LogP contribution is -2.47. The summed E-state index contributed by atoms with van der Waals surface area (Å²) in [5, 5.41) is 20.3. The Bertz CT molecular complexity index is 616. The van der Waals surface area contributed by atoms with Crippen molar-refractivity contribution in [3.63, 3.8) is 0 Å². The largest absolute Gasteiger partial charge is 0.508 e. The molecule has 0 radical (unpaired) electrons. The van der Waals surface area contributed by atoms with Gasteiger partial charge in [-0.05, 0) is 72.1 Å². The van der Waals surface area contributed by atoms with Crippen LogP contribution in [-0.2, 0) is 6.42 Å². The minimum Gasteiger partial charge on any atom is -0.508 e. The minimum atomic E-state index is -0.840. The van der Waals surface area contributed by atoms with Gasteiger partial charge in [0.05, 0.1) is 6.10 Å². The van der Waals surface area contributed by atoms with Crippen molar-refractivity contribution in [3.05, 3.63) is 29.3 Å². The lowest BCUT2D eigenvalue weighted by atomic mass is 9.53. The van der Waals surface area contributed by atoms with Crippen molar-refractivity contribution in [2.45, 2.75) is 64.1 Å². The zero-order chi connectivity index (χ0) is 16.4. The Labute approximate surface area is 137 Å². The number of phenols is 1. The van der Waals surface area contributed by atoms with Crippen LogP contribution in [0.2, 0.25) is 0 Å². The first-order chi connectivity index (χ1) is 10.9. The second-order valence-electron chi connectivity index (χ2n) is 8.35. The molecule has 0 bridgehead atoms. The number of aryl methyl sites for hydroxylation is 1. The van der Waals surface area contributed by atoms with Gasteiger partial charge in [0.2, 0.25) is 0 Å². The molecule has 126 valence electrons. The summed E-state index contributed by atoms with van der Waals surface area (Å²) >= 11 is 0. The maximum absolute atomic E-state index is 15.2. The molecular weight excluding hydrogens is 291 g/mol. The Morgan fingerprint density at radius 2 is 2.09 bits per heavy atom. The predicted molar refractivity (Wildman–Crippen MR) is 88.2 cm³/mol. The van der Waals surface area contributed by atoms with Crippen molar-refractivity contribution < 1.29 is 14.6 Å².